The van der Waals surface area contributed by atoms with Gasteiger partial charge in [-0.2, -0.15) is 4.31 Å². The Kier molecular flexibility index (Phi) is 5.65. The van der Waals surface area contributed by atoms with Crippen LogP contribution in [-0.4, -0.2) is 43.1 Å². The van der Waals surface area contributed by atoms with Crippen LogP contribution < -0.4 is 10.6 Å². The molecule has 0 atom stereocenters. The lowest BCUT2D eigenvalue weighted by Crippen LogP contribution is -2.34. The standard InChI is InChI=1S/C14H16N4O4S2/c1-10(19)16-11-3-5-12(6-4-11)24(21,22)18(2)9-13(20)17-14-15-7-8-23-14/h3-8H,9H2,1-2H3,(H,16,19)(H,15,17,20). The van der Waals surface area contributed by atoms with Crippen LogP contribution in [0.15, 0.2) is 40.7 Å². The second-order valence-electron chi connectivity index (χ2n) is 4.85. The van der Waals surface area contributed by atoms with Crippen LogP contribution in [0.1, 0.15) is 6.92 Å². The van der Waals surface area contributed by atoms with E-state index in [4.69, 9.17) is 0 Å². The Hall–Kier alpha value is -2.30. The quantitative estimate of drug-likeness (QED) is 0.800. The van der Waals surface area contributed by atoms with Crippen LogP contribution in [0.4, 0.5) is 10.8 Å². The van der Waals surface area contributed by atoms with Crippen molar-refractivity contribution in [2.75, 3.05) is 24.2 Å². The number of thiazole rings is 1. The number of likely N-dealkylation sites (N-methyl/N-ethyl adjacent to an activating group) is 1. The Balaban J connectivity index is 2.05. The number of carbonyl (C=O) groups is 2. The van der Waals surface area contributed by atoms with Gasteiger partial charge in [-0.3, -0.25) is 9.59 Å². The van der Waals surface area contributed by atoms with Gasteiger partial charge in [-0.15, -0.1) is 11.3 Å². The highest BCUT2D eigenvalue weighted by atomic mass is 32.2. The second-order valence-corrected chi connectivity index (χ2v) is 7.79. The fourth-order valence-electron chi connectivity index (χ4n) is 1.82. The topological polar surface area (TPSA) is 108 Å². The van der Waals surface area contributed by atoms with E-state index in [2.05, 4.69) is 15.6 Å². The number of nitrogens with zero attached hydrogens (tertiary/aromatic N) is 2. The van der Waals surface area contributed by atoms with Gasteiger partial charge in [-0.05, 0) is 24.3 Å². The molecule has 0 aliphatic heterocycles. The first kappa shape index (κ1) is 18.0. The van der Waals surface area contributed by atoms with Crippen LogP contribution in [0.25, 0.3) is 0 Å². The Labute approximate surface area is 143 Å². The van der Waals surface area contributed by atoms with E-state index in [1.165, 1.54) is 55.8 Å². The Morgan fingerprint density at radius 1 is 1.21 bits per heavy atom. The maximum absolute atomic E-state index is 12.4. The van der Waals surface area contributed by atoms with E-state index in [0.717, 1.165) is 4.31 Å². The minimum absolute atomic E-state index is 0.0288. The molecule has 0 spiro atoms. The fraction of sp³-hybridized carbons (Fsp3) is 0.214. The molecule has 128 valence electrons. The molecule has 0 saturated heterocycles. The summed E-state index contributed by atoms with van der Waals surface area (Å²) in [5.74, 6) is -0.729. The predicted molar refractivity (Wildman–Crippen MR) is 91.3 cm³/mol. The zero-order valence-electron chi connectivity index (χ0n) is 13.0. The number of hydrogen-bond donors (Lipinski definition) is 2. The van der Waals surface area contributed by atoms with Gasteiger partial charge in [-0.1, -0.05) is 0 Å². The van der Waals surface area contributed by atoms with E-state index in [9.17, 15) is 18.0 Å². The largest absolute Gasteiger partial charge is 0.326 e. The number of hydrogen-bond acceptors (Lipinski definition) is 6. The highest BCUT2D eigenvalue weighted by Crippen LogP contribution is 2.18. The average molecular weight is 368 g/mol. The van der Waals surface area contributed by atoms with Gasteiger partial charge in [0, 0.05) is 31.2 Å². The molecule has 8 nitrogen and oxygen atoms in total. The van der Waals surface area contributed by atoms with E-state index in [-0.39, 0.29) is 17.3 Å². The van der Waals surface area contributed by atoms with Crippen LogP contribution in [0.5, 0.6) is 0 Å². The second kappa shape index (κ2) is 7.51. The number of sulfonamides is 1. The normalized spacial score (nSPS) is 11.3. The molecule has 2 amide bonds. The van der Waals surface area contributed by atoms with Crippen LogP contribution in [0, 0.1) is 0 Å². The highest BCUT2D eigenvalue weighted by Gasteiger charge is 2.23. The van der Waals surface area contributed by atoms with Crippen molar-refractivity contribution in [3.63, 3.8) is 0 Å². The van der Waals surface area contributed by atoms with Crippen molar-refractivity contribution in [3.8, 4) is 0 Å². The van der Waals surface area contributed by atoms with Gasteiger partial charge in [0.2, 0.25) is 21.8 Å². The predicted octanol–water partition coefficient (Wildman–Crippen LogP) is 1.36. The first-order valence-electron chi connectivity index (χ1n) is 6.82. The minimum Gasteiger partial charge on any atom is -0.326 e. The molecule has 1 aromatic carbocycles. The molecule has 0 radical (unpaired) electrons. The summed E-state index contributed by atoms with van der Waals surface area (Å²) in [6.07, 6.45) is 1.54. The summed E-state index contributed by atoms with van der Waals surface area (Å²) >= 11 is 1.24. The van der Waals surface area contributed by atoms with Crippen LogP contribution in [0.3, 0.4) is 0 Å². The molecule has 24 heavy (non-hydrogen) atoms. The molecule has 10 heteroatoms. The highest BCUT2D eigenvalue weighted by molar-refractivity contribution is 7.89. The van der Waals surface area contributed by atoms with Gasteiger partial charge in [0.15, 0.2) is 5.13 Å². The molecule has 1 aromatic heterocycles. The monoisotopic (exact) mass is 368 g/mol. The SMILES string of the molecule is CC(=O)Nc1ccc(S(=O)(=O)N(C)CC(=O)Nc2nccs2)cc1. The molecular weight excluding hydrogens is 352 g/mol. The maximum Gasteiger partial charge on any atom is 0.243 e. The molecule has 2 N–H and O–H groups in total. The number of anilines is 2. The van der Waals surface area contributed by atoms with Gasteiger partial charge in [0.1, 0.15) is 0 Å². The number of aromatic nitrogens is 1. The first-order valence-corrected chi connectivity index (χ1v) is 9.14. The lowest BCUT2D eigenvalue weighted by atomic mass is 10.3. The van der Waals surface area contributed by atoms with E-state index in [1.807, 2.05) is 0 Å². The van der Waals surface area contributed by atoms with Crippen molar-refractivity contribution in [2.45, 2.75) is 11.8 Å². The zero-order valence-corrected chi connectivity index (χ0v) is 14.6. The van der Waals surface area contributed by atoms with Gasteiger partial charge >= 0.3 is 0 Å². The summed E-state index contributed by atoms with van der Waals surface area (Å²) in [7, 11) is -2.50. The van der Waals surface area contributed by atoms with Crippen molar-refractivity contribution in [1.29, 1.82) is 0 Å². The average Bonchev–Trinajstić information content (AvgIpc) is 2.99. The van der Waals surface area contributed by atoms with Gasteiger partial charge in [-0.25, -0.2) is 13.4 Å². The Morgan fingerprint density at radius 3 is 2.42 bits per heavy atom. The molecule has 0 saturated carbocycles. The Bertz CT molecular complexity index is 817. The van der Waals surface area contributed by atoms with Crippen molar-refractivity contribution >= 4 is 44.0 Å². The summed E-state index contributed by atoms with van der Waals surface area (Å²) in [4.78, 5) is 26.8. The molecular formula is C14H16N4O4S2. The molecule has 1 heterocycles. The molecule has 2 aromatic rings. The number of carbonyl (C=O) groups excluding carboxylic acids is 2. The van der Waals surface area contributed by atoms with E-state index < -0.39 is 15.9 Å². The summed E-state index contributed by atoms with van der Waals surface area (Å²) in [5, 5.41) is 7.18. The van der Waals surface area contributed by atoms with Crippen LogP contribution in [-0.2, 0) is 19.6 Å². The van der Waals surface area contributed by atoms with Gasteiger partial charge in [0.25, 0.3) is 0 Å². The summed E-state index contributed by atoms with van der Waals surface area (Å²) in [5.41, 5.74) is 0.491. The summed E-state index contributed by atoms with van der Waals surface area (Å²) in [6.45, 7) is 1.02. The molecule has 0 bridgehead atoms. The third-order valence-electron chi connectivity index (χ3n) is 2.93. The summed E-state index contributed by atoms with van der Waals surface area (Å²) < 4.78 is 25.8. The molecule has 0 aliphatic carbocycles. The van der Waals surface area contributed by atoms with Crippen molar-refractivity contribution in [2.24, 2.45) is 0 Å². The first-order chi connectivity index (χ1) is 11.3. The number of rotatable bonds is 6. The third kappa shape index (κ3) is 4.60. The molecule has 0 fully saturated rings. The molecule has 0 unspecified atom stereocenters. The minimum atomic E-state index is -3.82. The lowest BCUT2D eigenvalue weighted by molar-refractivity contribution is -0.116. The van der Waals surface area contributed by atoms with Crippen molar-refractivity contribution < 1.29 is 18.0 Å². The van der Waals surface area contributed by atoms with Crippen LogP contribution in [0.2, 0.25) is 0 Å². The Morgan fingerprint density at radius 2 is 1.88 bits per heavy atom. The molecule has 0 aliphatic rings. The van der Waals surface area contributed by atoms with Crippen molar-refractivity contribution in [3.05, 3.63) is 35.8 Å². The molecule has 2 rings (SSSR count). The van der Waals surface area contributed by atoms with Crippen molar-refractivity contribution in [1.82, 2.24) is 9.29 Å². The zero-order chi connectivity index (χ0) is 17.7. The number of benzene rings is 1. The van der Waals surface area contributed by atoms with Crippen LogP contribution >= 0.6 is 11.3 Å². The smallest absolute Gasteiger partial charge is 0.243 e. The third-order valence-corrected chi connectivity index (χ3v) is 5.43. The van der Waals surface area contributed by atoms with Gasteiger partial charge in [0.05, 0.1) is 11.4 Å². The number of nitrogens with one attached hydrogen (secondary N) is 2. The van der Waals surface area contributed by atoms with E-state index in [1.54, 1.807) is 5.38 Å². The van der Waals surface area contributed by atoms with E-state index in [0.29, 0.717) is 10.8 Å². The van der Waals surface area contributed by atoms with Gasteiger partial charge < -0.3 is 10.6 Å². The maximum atomic E-state index is 12.4. The lowest BCUT2D eigenvalue weighted by Gasteiger charge is -2.16. The fourth-order valence-corrected chi connectivity index (χ4v) is 3.50. The van der Waals surface area contributed by atoms with E-state index >= 15 is 0 Å². The number of amides is 2. The summed E-state index contributed by atoms with van der Waals surface area (Å²) in [6, 6.07) is 5.71.